The second kappa shape index (κ2) is 11.0. The maximum Gasteiger partial charge on any atom is 0.260 e. The number of nitrogen functional groups attached to an aromatic ring is 1. The Morgan fingerprint density at radius 3 is 2.56 bits per heavy atom. The summed E-state index contributed by atoms with van der Waals surface area (Å²) in [4.78, 5) is 38.1. The number of carbonyl (C=O) groups is 1. The van der Waals surface area contributed by atoms with E-state index in [2.05, 4.69) is 21.4 Å². The van der Waals surface area contributed by atoms with E-state index in [-0.39, 0.29) is 17.4 Å². The van der Waals surface area contributed by atoms with Gasteiger partial charge in [-0.05, 0) is 31.2 Å². The number of pyridine rings is 1. The number of nitrogens with two attached hydrogens (primary N) is 1. The van der Waals surface area contributed by atoms with E-state index in [9.17, 15) is 9.59 Å². The van der Waals surface area contributed by atoms with Crippen molar-refractivity contribution in [3.8, 4) is 22.6 Å². The molecule has 36 heavy (non-hydrogen) atoms. The Labute approximate surface area is 213 Å². The molecule has 10 nitrogen and oxygen atoms in total. The van der Waals surface area contributed by atoms with Gasteiger partial charge in [0.1, 0.15) is 17.1 Å². The van der Waals surface area contributed by atoms with Gasteiger partial charge < -0.3 is 20.1 Å². The number of hydrogen-bond donors (Lipinski definition) is 1. The molecule has 1 amide bonds. The molecule has 0 atom stereocenters. The smallest absolute Gasteiger partial charge is 0.260 e. The van der Waals surface area contributed by atoms with E-state index < -0.39 is 0 Å². The minimum absolute atomic E-state index is 0.0467. The number of anilines is 1. The van der Waals surface area contributed by atoms with Crippen molar-refractivity contribution in [2.24, 2.45) is 0 Å². The highest BCUT2D eigenvalue weighted by molar-refractivity contribution is 6.35. The third-order valence-electron chi connectivity index (χ3n) is 6.32. The van der Waals surface area contributed by atoms with E-state index in [4.69, 9.17) is 26.8 Å². The molecule has 1 aromatic carbocycles. The monoisotopic (exact) mass is 512 g/mol. The quantitative estimate of drug-likeness (QED) is 0.457. The van der Waals surface area contributed by atoms with Crippen molar-refractivity contribution in [3.05, 3.63) is 52.4 Å². The third kappa shape index (κ3) is 5.14. The molecule has 0 aliphatic carbocycles. The standard InChI is InChI=1S/C25H29ClN6O4/c1-4-21(33)31-10-8-30(9-11-31)6-5-7-32-23-16(15-28-25(27)29-23)12-19(24(32)34)18-13-17(35-2)14-20(36-3)22(18)26/h4,12-15H,1,5-11H2,2-3H3,(H2,27,28,29). The molecule has 0 radical (unpaired) electrons. The fourth-order valence-electron chi connectivity index (χ4n) is 4.38. The molecule has 0 unspecified atom stereocenters. The summed E-state index contributed by atoms with van der Waals surface area (Å²) >= 11 is 6.60. The molecule has 2 aromatic heterocycles. The molecule has 1 saturated heterocycles. The van der Waals surface area contributed by atoms with Crippen LogP contribution in [0.5, 0.6) is 11.5 Å². The van der Waals surface area contributed by atoms with E-state index >= 15 is 0 Å². The summed E-state index contributed by atoms with van der Waals surface area (Å²) in [5.41, 5.74) is 6.94. The Morgan fingerprint density at radius 2 is 1.89 bits per heavy atom. The molecule has 11 heteroatoms. The van der Waals surface area contributed by atoms with Crippen LogP contribution in [0, 0.1) is 0 Å². The van der Waals surface area contributed by atoms with Crippen LogP contribution in [0.1, 0.15) is 6.42 Å². The van der Waals surface area contributed by atoms with Gasteiger partial charge in [-0.25, -0.2) is 4.98 Å². The van der Waals surface area contributed by atoms with Gasteiger partial charge in [0.25, 0.3) is 5.56 Å². The predicted molar refractivity (Wildman–Crippen MR) is 140 cm³/mol. The second-order valence-electron chi connectivity index (χ2n) is 8.44. The molecule has 0 saturated carbocycles. The molecule has 3 heterocycles. The molecule has 0 bridgehead atoms. The zero-order valence-corrected chi connectivity index (χ0v) is 21.1. The Kier molecular flexibility index (Phi) is 7.76. The molecule has 1 fully saturated rings. The number of piperazine rings is 1. The fourth-order valence-corrected chi connectivity index (χ4v) is 4.67. The lowest BCUT2D eigenvalue weighted by atomic mass is 10.0. The first-order valence-electron chi connectivity index (χ1n) is 11.6. The van der Waals surface area contributed by atoms with Crippen molar-refractivity contribution >= 4 is 34.5 Å². The molecule has 2 N–H and O–H groups in total. The molecule has 190 valence electrons. The number of aromatic nitrogens is 3. The minimum Gasteiger partial charge on any atom is -0.497 e. The van der Waals surface area contributed by atoms with Crippen LogP contribution in [0.15, 0.2) is 41.8 Å². The van der Waals surface area contributed by atoms with E-state index in [1.807, 2.05) is 0 Å². The van der Waals surface area contributed by atoms with Gasteiger partial charge in [0, 0.05) is 61.5 Å². The zero-order valence-electron chi connectivity index (χ0n) is 20.4. The predicted octanol–water partition coefficient (Wildman–Crippen LogP) is 2.43. The van der Waals surface area contributed by atoms with Crippen LogP contribution in [-0.4, -0.2) is 77.2 Å². The van der Waals surface area contributed by atoms with Gasteiger partial charge in [-0.1, -0.05) is 18.2 Å². The van der Waals surface area contributed by atoms with Crippen LogP contribution in [0.3, 0.4) is 0 Å². The Morgan fingerprint density at radius 1 is 1.14 bits per heavy atom. The highest BCUT2D eigenvalue weighted by Gasteiger charge is 2.21. The molecule has 1 aliphatic rings. The van der Waals surface area contributed by atoms with Crippen LogP contribution in [0.25, 0.3) is 22.2 Å². The number of rotatable bonds is 8. The van der Waals surface area contributed by atoms with Crippen molar-refractivity contribution in [1.82, 2.24) is 24.3 Å². The van der Waals surface area contributed by atoms with Crippen LogP contribution >= 0.6 is 11.6 Å². The maximum absolute atomic E-state index is 13.7. The number of nitrogens with zero attached hydrogens (tertiary/aromatic N) is 5. The number of amides is 1. The van der Waals surface area contributed by atoms with Crippen molar-refractivity contribution < 1.29 is 14.3 Å². The molecule has 4 rings (SSSR count). The molecule has 0 spiro atoms. The van der Waals surface area contributed by atoms with Gasteiger partial charge in [0.15, 0.2) is 0 Å². The topological polar surface area (TPSA) is 116 Å². The normalized spacial score (nSPS) is 14.1. The van der Waals surface area contributed by atoms with Gasteiger partial charge in [-0.3, -0.25) is 19.1 Å². The summed E-state index contributed by atoms with van der Waals surface area (Å²) in [6.07, 6.45) is 3.64. The molecule has 1 aliphatic heterocycles. The summed E-state index contributed by atoms with van der Waals surface area (Å²) in [6.45, 7) is 7.59. The average Bonchev–Trinajstić information content (AvgIpc) is 2.90. The Bertz CT molecular complexity index is 1350. The van der Waals surface area contributed by atoms with Gasteiger partial charge in [0.05, 0.1) is 19.2 Å². The van der Waals surface area contributed by atoms with Crippen molar-refractivity contribution in [2.75, 3.05) is 52.7 Å². The lowest BCUT2D eigenvalue weighted by Crippen LogP contribution is -2.48. The van der Waals surface area contributed by atoms with Crippen LogP contribution < -0.4 is 20.8 Å². The minimum atomic E-state index is -0.251. The molecule has 3 aromatic rings. The third-order valence-corrected chi connectivity index (χ3v) is 6.71. The fraction of sp³-hybridized carbons (Fsp3) is 0.360. The zero-order chi connectivity index (χ0) is 25.8. The van der Waals surface area contributed by atoms with Crippen molar-refractivity contribution in [1.29, 1.82) is 0 Å². The summed E-state index contributed by atoms with van der Waals surface area (Å²) in [5, 5.41) is 0.970. The maximum atomic E-state index is 13.7. The van der Waals surface area contributed by atoms with E-state index in [0.717, 1.165) is 19.6 Å². The van der Waals surface area contributed by atoms with Crippen LogP contribution in [0.2, 0.25) is 5.02 Å². The summed E-state index contributed by atoms with van der Waals surface area (Å²) in [5.74, 6) is 0.960. The summed E-state index contributed by atoms with van der Waals surface area (Å²) in [7, 11) is 3.04. The van der Waals surface area contributed by atoms with Gasteiger partial charge >= 0.3 is 0 Å². The number of aryl methyl sites for hydroxylation is 1. The first kappa shape index (κ1) is 25.5. The first-order valence-corrected chi connectivity index (χ1v) is 12.0. The Hall–Kier alpha value is -3.63. The van der Waals surface area contributed by atoms with E-state index in [1.54, 1.807) is 33.9 Å². The second-order valence-corrected chi connectivity index (χ2v) is 8.82. The summed E-state index contributed by atoms with van der Waals surface area (Å²) in [6, 6.07) is 5.08. The van der Waals surface area contributed by atoms with Gasteiger partial charge in [-0.2, -0.15) is 4.98 Å². The number of ether oxygens (including phenoxy) is 2. The number of benzene rings is 1. The van der Waals surface area contributed by atoms with E-state index in [0.29, 0.717) is 64.7 Å². The lowest BCUT2D eigenvalue weighted by Gasteiger charge is -2.34. The number of fused-ring (bicyclic) bond motifs is 1. The number of methoxy groups -OCH3 is 2. The van der Waals surface area contributed by atoms with Crippen molar-refractivity contribution in [2.45, 2.75) is 13.0 Å². The first-order chi connectivity index (χ1) is 17.4. The molecular formula is C25H29ClN6O4. The summed E-state index contributed by atoms with van der Waals surface area (Å²) < 4.78 is 12.4. The highest BCUT2D eigenvalue weighted by atomic mass is 35.5. The SMILES string of the molecule is C=CC(=O)N1CCN(CCCn2c(=O)c(-c3cc(OC)cc(OC)c3Cl)cc3cnc(N)nc32)CC1. The highest BCUT2D eigenvalue weighted by Crippen LogP contribution is 2.38. The Balaban J connectivity index is 1.65. The molecular weight excluding hydrogens is 484 g/mol. The number of halogens is 1. The lowest BCUT2D eigenvalue weighted by molar-refractivity contribution is -0.127. The van der Waals surface area contributed by atoms with Crippen LogP contribution in [0.4, 0.5) is 5.95 Å². The van der Waals surface area contributed by atoms with E-state index in [1.165, 1.54) is 20.3 Å². The van der Waals surface area contributed by atoms with Crippen molar-refractivity contribution in [3.63, 3.8) is 0 Å². The number of hydrogen-bond acceptors (Lipinski definition) is 8. The largest absolute Gasteiger partial charge is 0.497 e. The van der Waals surface area contributed by atoms with Gasteiger partial charge in [-0.15, -0.1) is 0 Å². The number of carbonyl (C=O) groups excluding carboxylic acids is 1. The van der Waals surface area contributed by atoms with Gasteiger partial charge in [0.2, 0.25) is 11.9 Å². The average molecular weight is 513 g/mol. The van der Waals surface area contributed by atoms with Crippen LogP contribution in [-0.2, 0) is 11.3 Å².